The lowest BCUT2D eigenvalue weighted by Gasteiger charge is -2.10. The van der Waals surface area contributed by atoms with Gasteiger partial charge in [0.25, 0.3) is 0 Å². The zero-order valence-corrected chi connectivity index (χ0v) is 14.8. The molecule has 3 aromatic carbocycles. The number of hydrogen-bond acceptors (Lipinski definition) is 2. The highest BCUT2D eigenvalue weighted by Crippen LogP contribution is 2.27. The molecule has 0 aliphatic carbocycles. The molecule has 0 bridgehead atoms. The molecule has 0 spiro atoms. The van der Waals surface area contributed by atoms with Crippen LogP contribution in [0.2, 0.25) is 0 Å². The Bertz CT molecular complexity index is 954. The Kier molecular flexibility index (Phi) is 5.85. The molecule has 3 nitrogen and oxygen atoms in total. The minimum absolute atomic E-state index is 0.251. The maximum Gasteiger partial charge on any atom is 0.336 e. The topological polar surface area (TPSA) is 46.5 Å². The smallest absolute Gasteiger partial charge is 0.336 e. The van der Waals surface area contributed by atoms with Crippen LogP contribution >= 0.6 is 0 Å². The van der Waals surface area contributed by atoms with Gasteiger partial charge in [-0.15, -0.1) is 6.58 Å². The van der Waals surface area contributed by atoms with Crippen LogP contribution in [0.3, 0.4) is 0 Å². The quantitative estimate of drug-likeness (QED) is 0.329. The third kappa shape index (κ3) is 4.73. The summed E-state index contributed by atoms with van der Waals surface area (Å²) >= 11 is 0. The van der Waals surface area contributed by atoms with Gasteiger partial charge >= 0.3 is 5.97 Å². The molecular weight excluding hydrogens is 336 g/mol. The van der Waals surface area contributed by atoms with E-state index in [0.29, 0.717) is 11.3 Å². The van der Waals surface area contributed by atoms with E-state index in [-0.39, 0.29) is 5.57 Å². The predicted octanol–water partition coefficient (Wildman–Crippen LogP) is 5.83. The maximum atomic E-state index is 11.6. The summed E-state index contributed by atoms with van der Waals surface area (Å²) in [7, 11) is 0. The highest BCUT2D eigenvalue weighted by molar-refractivity contribution is 6.20. The van der Waals surface area contributed by atoms with Crippen molar-refractivity contribution in [2.75, 3.05) is 0 Å². The van der Waals surface area contributed by atoms with Gasteiger partial charge in [-0.05, 0) is 47.4 Å². The molecule has 0 heterocycles. The molecule has 3 rings (SSSR count). The number of hydrogen-bond donors (Lipinski definition) is 1. The molecule has 0 aromatic heterocycles. The van der Waals surface area contributed by atoms with Crippen molar-refractivity contribution in [3.63, 3.8) is 0 Å². The summed E-state index contributed by atoms with van der Waals surface area (Å²) in [6.45, 7) is 3.77. The molecule has 0 amide bonds. The van der Waals surface area contributed by atoms with E-state index in [1.807, 2.05) is 72.8 Å². The standard InChI is InChI=1S/C24H20O3/c1-2-8-20-11-6-7-12-23(20)27-21-15-13-18(14-16-21)17-22(24(25)26)19-9-4-3-5-10-19/h2-7,9-17H,1,8H2,(H,25,26)/b22-17+. The van der Waals surface area contributed by atoms with Crippen molar-refractivity contribution in [3.8, 4) is 11.5 Å². The predicted molar refractivity (Wildman–Crippen MR) is 109 cm³/mol. The number of ether oxygens (including phenoxy) is 1. The number of carboxylic acid groups (broad SMARTS) is 1. The third-order valence-corrected chi connectivity index (χ3v) is 4.07. The Balaban J connectivity index is 1.83. The molecule has 0 unspecified atom stereocenters. The highest BCUT2D eigenvalue weighted by Gasteiger charge is 2.10. The minimum Gasteiger partial charge on any atom is -0.478 e. The number of aliphatic carboxylic acids is 1. The van der Waals surface area contributed by atoms with Crippen LogP contribution in [0.5, 0.6) is 11.5 Å². The summed E-state index contributed by atoms with van der Waals surface area (Å²) in [5.74, 6) is 0.524. The summed E-state index contributed by atoms with van der Waals surface area (Å²) in [5, 5.41) is 9.52. The maximum absolute atomic E-state index is 11.6. The summed E-state index contributed by atoms with van der Waals surface area (Å²) in [5.41, 5.74) is 2.78. The van der Waals surface area contributed by atoms with Crippen molar-refractivity contribution in [3.05, 3.63) is 108 Å². The fourth-order valence-corrected chi connectivity index (χ4v) is 2.74. The molecule has 0 atom stereocenters. The first kappa shape index (κ1) is 18.2. The molecule has 3 heteroatoms. The van der Waals surface area contributed by atoms with Crippen molar-refractivity contribution in [2.24, 2.45) is 0 Å². The Labute approximate surface area is 158 Å². The molecular formula is C24H20O3. The zero-order chi connectivity index (χ0) is 19.1. The Morgan fingerprint density at radius 1 is 0.926 bits per heavy atom. The molecule has 1 N–H and O–H groups in total. The number of carboxylic acids is 1. The van der Waals surface area contributed by atoms with Gasteiger partial charge in [0.15, 0.2) is 0 Å². The monoisotopic (exact) mass is 356 g/mol. The fourth-order valence-electron chi connectivity index (χ4n) is 2.74. The van der Waals surface area contributed by atoms with Crippen LogP contribution in [0.25, 0.3) is 11.6 Å². The van der Waals surface area contributed by atoms with Gasteiger partial charge in [0, 0.05) is 0 Å². The van der Waals surface area contributed by atoms with Crippen LogP contribution in [-0.2, 0) is 11.2 Å². The van der Waals surface area contributed by atoms with Gasteiger partial charge in [-0.1, -0.05) is 66.7 Å². The summed E-state index contributed by atoms with van der Waals surface area (Å²) < 4.78 is 5.97. The lowest BCUT2D eigenvalue weighted by atomic mass is 10.0. The molecule has 0 saturated heterocycles. The van der Waals surface area contributed by atoms with Crippen LogP contribution in [-0.4, -0.2) is 11.1 Å². The average Bonchev–Trinajstić information content (AvgIpc) is 2.69. The van der Waals surface area contributed by atoms with Crippen molar-refractivity contribution in [1.82, 2.24) is 0 Å². The van der Waals surface area contributed by atoms with E-state index < -0.39 is 5.97 Å². The summed E-state index contributed by atoms with van der Waals surface area (Å²) in [6.07, 6.45) is 4.23. The lowest BCUT2D eigenvalue weighted by molar-refractivity contribution is -0.130. The van der Waals surface area contributed by atoms with Crippen molar-refractivity contribution >= 4 is 17.6 Å². The van der Waals surface area contributed by atoms with Crippen molar-refractivity contribution in [1.29, 1.82) is 0 Å². The van der Waals surface area contributed by atoms with E-state index in [9.17, 15) is 9.90 Å². The number of para-hydroxylation sites is 1. The second kappa shape index (κ2) is 8.68. The van der Waals surface area contributed by atoms with Gasteiger partial charge in [-0.2, -0.15) is 0 Å². The van der Waals surface area contributed by atoms with E-state index in [2.05, 4.69) is 6.58 Å². The zero-order valence-electron chi connectivity index (χ0n) is 14.8. The first-order valence-electron chi connectivity index (χ1n) is 8.64. The second-order valence-electron chi connectivity index (χ2n) is 6.00. The largest absolute Gasteiger partial charge is 0.478 e. The number of benzene rings is 3. The average molecular weight is 356 g/mol. The second-order valence-corrected chi connectivity index (χ2v) is 6.00. The van der Waals surface area contributed by atoms with Crippen molar-refractivity contribution in [2.45, 2.75) is 6.42 Å². The van der Waals surface area contributed by atoms with Crippen LogP contribution in [0.4, 0.5) is 0 Å². The summed E-state index contributed by atoms with van der Waals surface area (Å²) in [4.78, 5) is 11.6. The Morgan fingerprint density at radius 3 is 2.26 bits per heavy atom. The van der Waals surface area contributed by atoms with E-state index in [0.717, 1.165) is 23.3 Å². The molecule has 27 heavy (non-hydrogen) atoms. The Hall–Kier alpha value is -3.59. The first-order chi connectivity index (χ1) is 13.2. The molecule has 3 aromatic rings. The highest BCUT2D eigenvalue weighted by atomic mass is 16.5. The molecule has 0 aliphatic heterocycles. The number of carbonyl (C=O) groups is 1. The fraction of sp³-hybridized carbons (Fsp3) is 0.0417. The molecule has 0 saturated carbocycles. The molecule has 0 radical (unpaired) electrons. The van der Waals surface area contributed by atoms with E-state index in [1.54, 1.807) is 18.2 Å². The third-order valence-electron chi connectivity index (χ3n) is 4.07. The van der Waals surface area contributed by atoms with Gasteiger partial charge in [-0.3, -0.25) is 0 Å². The van der Waals surface area contributed by atoms with E-state index in [1.165, 1.54) is 0 Å². The van der Waals surface area contributed by atoms with E-state index in [4.69, 9.17) is 4.74 Å². The van der Waals surface area contributed by atoms with Gasteiger partial charge in [-0.25, -0.2) is 4.79 Å². The van der Waals surface area contributed by atoms with Crippen LogP contribution in [0.15, 0.2) is 91.5 Å². The van der Waals surface area contributed by atoms with Gasteiger partial charge < -0.3 is 9.84 Å². The normalized spacial score (nSPS) is 11.0. The molecule has 0 aliphatic rings. The van der Waals surface area contributed by atoms with Crippen molar-refractivity contribution < 1.29 is 14.6 Å². The first-order valence-corrected chi connectivity index (χ1v) is 8.64. The van der Waals surface area contributed by atoms with Crippen LogP contribution in [0.1, 0.15) is 16.7 Å². The van der Waals surface area contributed by atoms with Crippen LogP contribution < -0.4 is 4.74 Å². The summed E-state index contributed by atoms with van der Waals surface area (Å²) in [6, 6.07) is 24.3. The minimum atomic E-state index is -0.958. The number of rotatable bonds is 7. The van der Waals surface area contributed by atoms with E-state index >= 15 is 0 Å². The SMILES string of the molecule is C=CCc1ccccc1Oc1ccc(/C=C(/C(=O)O)c2ccccc2)cc1. The molecule has 0 fully saturated rings. The van der Waals surface area contributed by atoms with Gasteiger partial charge in [0.2, 0.25) is 0 Å². The number of allylic oxidation sites excluding steroid dienone is 1. The Morgan fingerprint density at radius 2 is 1.59 bits per heavy atom. The lowest BCUT2D eigenvalue weighted by Crippen LogP contribution is -1.99. The molecule has 134 valence electrons. The van der Waals surface area contributed by atoms with Gasteiger partial charge in [0.05, 0.1) is 5.57 Å². The van der Waals surface area contributed by atoms with Gasteiger partial charge in [0.1, 0.15) is 11.5 Å². The van der Waals surface area contributed by atoms with Crippen LogP contribution in [0, 0.1) is 0 Å².